The lowest BCUT2D eigenvalue weighted by Gasteiger charge is -2.31. The molecule has 0 saturated carbocycles. The number of hydrogen-bond donors (Lipinski definition) is 6. The van der Waals surface area contributed by atoms with Crippen LogP contribution in [0.25, 0.3) is 21.5 Å². The van der Waals surface area contributed by atoms with Gasteiger partial charge in [0.15, 0.2) is 5.78 Å². The maximum atomic E-state index is 13.6. The number of imide groups is 2. The van der Waals surface area contributed by atoms with Gasteiger partial charge in [-0.05, 0) is 69.0 Å². The molecule has 1 fully saturated rings. The van der Waals surface area contributed by atoms with Crippen LogP contribution in [0.2, 0.25) is 0 Å². The fraction of sp³-hybridized carbons (Fsp3) is 0.356. The standard InChI is InChI=1S/C45H47N7O12/c1-23-20-30(46)40(57)31(49-23)8-4-18-63-33-9-2-7-25-24(33)6-3-10-34(25)64-19-5-11-36(54)50-32(21-37(55)56)41(58)48-16-17-51-42(59)26-12-14-28-39-29(15-13-27(38(26)39)43(51)60)45(62)52(44(28)61)22-35(47)53/h2-3,6-7,9-10,12-15,23,30-32,49H,4-5,8,11,16-22,46H2,1H3,(H2,47,53)(H,48,58)(H,50,54)(H,55,56). The maximum absolute atomic E-state index is 13.6. The van der Waals surface area contributed by atoms with Crippen molar-refractivity contribution in [3.05, 3.63) is 82.9 Å². The molecule has 7 amide bonds. The minimum absolute atomic E-state index is 0.0129. The van der Waals surface area contributed by atoms with E-state index >= 15 is 0 Å². The van der Waals surface area contributed by atoms with Crippen LogP contribution in [0.5, 0.6) is 11.5 Å². The van der Waals surface area contributed by atoms with Gasteiger partial charge in [0.1, 0.15) is 24.1 Å². The zero-order chi connectivity index (χ0) is 45.8. The number of ether oxygens (including phenoxy) is 2. The number of primary amides is 1. The number of amides is 7. The number of nitrogens with zero attached hydrogens (tertiary/aromatic N) is 2. The molecule has 8 N–H and O–H groups in total. The Hall–Kier alpha value is -7.25. The van der Waals surface area contributed by atoms with E-state index in [1.807, 2.05) is 37.3 Å². The number of carbonyl (C=O) groups excluding carboxylic acids is 8. The second-order valence-corrected chi connectivity index (χ2v) is 15.9. The van der Waals surface area contributed by atoms with E-state index in [1.165, 1.54) is 24.3 Å². The third-order valence-corrected chi connectivity index (χ3v) is 11.4. The fourth-order valence-electron chi connectivity index (χ4n) is 8.40. The molecule has 3 aliphatic heterocycles. The minimum Gasteiger partial charge on any atom is -0.493 e. The molecule has 3 heterocycles. The van der Waals surface area contributed by atoms with E-state index < -0.39 is 72.4 Å². The Morgan fingerprint density at radius 3 is 1.86 bits per heavy atom. The number of piperidine rings is 1. The lowest BCUT2D eigenvalue weighted by Crippen LogP contribution is -2.56. The number of hydrogen-bond acceptors (Lipinski definition) is 13. The van der Waals surface area contributed by atoms with E-state index in [1.54, 1.807) is 6.07 Å². The lowest BCUT2D eigenvalue weighted by atomic mass is 9.86. The summed E-state index contributed by atoms with van der Waals surface area (Å²) in [6.07, 6.45) is 1.24. The second-order valence-electron chi connectivity index (χ2n) is 15.9. The Bertz CT molecular complexity index is 2540. The summed E-state index contributed by atoms with van der Waals surface area (Å²) in [5.74, 6) is -5.63. The van der Waals surface area contributed by atoms with E-state index in [4.69, 9.17) is 20.9 Å². The first-order valence-electron chi connectivity index (χ1n) is 20.9. The fourth-order valence-corrected chi connectivity index (χ4v) is 8.40. The first kappa shape index (κ1) is 44.8. The van der Waals surface area contributed by atoms with Gasteiger partial charge in [-0.3, -0.25) is 53.0 Å². The number of Topliss-reactive ketones (excluding diaryl/α,β-unsaturated/α-hetero) is 1. The van der Waals surface area contributed by atoms with Crippen molar-refractivity contribution in [1.82, 2.24) is 25.8 Å². The first-order chi connectivity index (χ1) is 30.6. The quantitative estimate of drug-likeness (QED) is 0.0574. The maximum Gasteiger partial charge on any atom is 0.305 e. The van der Waals surface area contributed by atoms with Gasteiger partial charge in [-0.15, -0.1) is 0 Å². The molecular formula is C45H47N7O12. The number of carboxylic acids is 1. The summed E-state index contributed by atoms with van der Waals surface area (Å²) in [5, 5.41) is 19.6. The van der Waals surface area contributed by atoms with Gasteiger partial charge >= 0.3 is 5.97 Å². The van der Waals surface area contributed by atoms with Crippen molar-refractivity contribution in [3.8, 4) is 11.5 Å². The molecule has 0 spiro atoms. The SMILES string of the molecule is CC1CC(N)C(=O)C(CCCOc2cccc3c(OCCCC(=O)NC(CC(=O)O)C(=O)NCCN4C(=O)c5ccc6c7c(ccc(c57)C4=O)C(=O)N(CC(N)=O)C6=O)cccc23)N1. The first-order valence-corrected chi connectivity index (χ1v) is 20.9. The monoisotopic (exact) mass is 877 g/mol. The van der Waals surface area contributed by atoms with Crippen molar-refractivity contribution in [3.63, 3.8) is 0 Å². The van der Waals surface area contributed by atoms with Crippen LogP contribution in [-0.4, -0.2) is 125 Å². The van der Waals surface area contributed by atoms with Gasteiger partial charge in [0, 0.05) is 69.4 Å². The van der Waals surface area contributed by atoms with E-state index in [2.05, 4.69) is 16.0 Å². The molecule has 4 unspecified atom stereocenters. The molecule has 0 aliphatic carbocycles. The number of benzene rings is 4. The van der Waals surface area contributed by atoms with Gasteiger partial charge in [0.2, 0.25) is 17.7 Å². The third-order valence-electron chi connectivity index (χ3n) is 11.4. The molecule has 3 aliphatic rings. The van der Waals surface area contributed by atoms with Crippen LogP contribution in [0.1, 0.15) is 86.9 Å². The smallest absolute Gasteiger partial charge is 0.305 e. The number of carbonyl (C=O) groups is 9. The van der Waals surface area contributed by atoms with Crippen LogP contribution >= 0.6 is 0 Å². The van der Waals surface area contributed by atoms with Crippen molar-refractivity contribution in [1.29, 1.82) is 0 Å². The Labute approximate surface area is 365 Å². The van der Waals surface area contributed by atoms with Gasteiger partial charge < -0.3 is 42.0 Å². The van der Waals surface area contributed by atoms with Crippen molar-refractivity contribution in [2.24, 2.45) is 11.5 Å². The van der Waals surface area contributed by atoms with Crippen LogP contribution in [-0.2, 0) is 24.0 Å². The number of nitrogens with one attached hydrogen (secondary N) is 3. The van der Waals surface area contributed by atoms with Gasteiger partial charge in [0.25, 0.3) is 23.6 Å². The van der Waals surface area contributed by atoms with E-state index in [0.717, 1.165) is 15.7 Å². The van der Waals surface area contributed by atoms with Gasteiger partial charge in [-0.25, -0.2) is 0 Å². The molecule has 0 radical (unpaired) electrons. The van der Waals surface area contributed by atoms with Gasteiger partial charge in [-0.2, -0.15) is 0 Å². The number of rotatable bonds is 19. The van der Waals surface area contributed by atoms with E-state index in [-0.39, 0.29) is 83.4 Å². The highest BCUT2D eigenvalue weighted by molar-refractivity contribution is 6.33. The van der Waals surface area contributed by atoms with Crippen LogP contribution in [0, 0.1) is 0 Å². The van der Waals surface area contributed by atoms with Crippen LogP contribution in [0.4, 0.5) is 0 Å². The molecule has 1 saturated heterocycles. The molecule has 19 nitrogen and oxygen atoms in total. The van der Waals surface area contributed by atoms with Crippen molar-refractivity contribution >= 4 is 74.6 Å². The van der Waals surface area contributed by atoms with E-state index in [0.29, 0.717) is 42.3 Å². The van der Waals surface area contributed by atoms with E-state index in [9.17, 15) is 48.3 Å². The van der Waals surface area contributed by atoms with Crippen molar-refractivity contribution in [2.45, 2.75) is 69.6 Å². The molecule has 4 aromatic carbocycles. The third kappa shape index (κ3) is 9.25. The molecule has 7 rings (SSSR count). The van der Waals surface area contributed by atoms with Crippen LogP contribution in [0.3, 0.4) is 0 Å². The number of nitrogens with two attached hydrogens (primary N) is 2. The van der Waals surface area contributed by atoms with Crippen LogP contribution < -0.4 is 36.9 Å². The topological polar surface area (TPSA) is 287 Å². The van der Waals surface area contributed by atoms with Gasteiger partial charge in [-0.1, -0.05) is 24.3 Å². The lowest BCUT2D eigenvalue weighted by molar-refractivity contribution is -0.140. The zero-order valence-electron chi connectivity index (χ0n) is 34.8. The molecule has 334 valence electrons. The highest BCUT2D eigenvalue weighted by Gasteiger charge is 2.40. The summed E-state index contributed by atoms with van der Waals surface area (Å²) < 4.78 is 12.1. The summed E-state index contributed by atoms with van der Waals surface area (Å²) in [4.78, 5) is 117. The summed E-state index contributed by atoms with van der Waals surface area (Å²) in [5.41, 5.74) is 11.3. The largest absolute Gasteiger partial charge is 0.493 e. The normalized spacial score (nSPS) is 18.6. The Morgan fingerprint density at radius 1 is 0.797 bits per heavy atom. The number of fused-ring (bicyclic) bond motifs is 1. The Balaban J connectivity index is 0.896. The highest BCUT2D eigenvalue weighted by Crippen LogP contribution is 2.38. The van der Waals surface area contributed by atoms with Crippen molar-refractivity contribution in [2.75, 3.05) is 32.8 Å². The number of aliphatic carboxylic acids is 1. The minimum atomic E-state index is -1.48. The molecule has 0 aromatic heterocycles. The molecule has 4 aromatic rings. The number of ketones is 1. The molecular weight excluding hydrogens is 831 g/mol. The predicted octanol–water partition coefficient (Wildman–Crippen LogP) is 1.41. The van der Waals surface area contributed by atoms with Gasteiger partial charge in [0.05, 0.1) is 31.7 Å². The average Bonchev–Trinajstić information content (AvgIpc) is 3.26. The van der Waals surface area contributed by atoms with Crippen LogP contribution in [0.15, 0.2) is 60.7 Å². The molecule has 64 heavy (non-hydrogen) atoms. The zero-order valence-corrected chi connectivity index (χ0v) is 34.8. The molecule has 4 atom stereocenters. The summed E-state index contributed by atoms with van der Waals surface area (Å²) in [6, 6.07) is 14.3. The van der Waals surface area contributed by atoms with Crippen molar-refractivity contribution < 1.29 is 57.7 Å². The average molecular weight is 878 g/mol. The summed E-state index contributed by atoms with van der Waals surface area (Å²) in [6.45, 7) is 1.23. The predicted molar refractivity (Wildman–Crippen MR) is 228 cm³/mol. The molecule has 0 bridgehead atoms. The number of carboxylic acid groups (broad SMARTS) is 1. The molecule has 19 heteroatoms. The summed E-state index contributed by atoms with van der Waals surface area (Å²) >= 11 is 0. The Morgan fingerprint density at radius 2 is 1.33 bits per heavy atom. The summed E-state index contributed by atoms with van der Waals surface area (Å²) in [7, 11) is 0. The highest BCUT2D eigenvalue weighted by atomic mass is 16.5. The Kier molecular flexibility index (Phi) is 13.3. The second kappa shape index (κ2) is 19.0.